The van der Waals surface area contributed by atoms with Crippen LogP contribution in [0.5, 0.6) is 0 Å². The zero-order chi connectivity index (χ0) is 12.8. The largest absolute Gasteiger partial charge is 0.396 e. The van der Waals surface area contributed by atoms with Crippen LogP contribution in [-0.2, 0) is 0 Å². The highest BCUT2D eigenvalue weighted by atomic mass is 35.5. The first-order valence-corrected chi connectivity index (χ1v) is 6.11. The Labute approximate surface area is 115 Å². The highest BCUT2D eigenvalue weighted by Gasteiger charge is 2.12. The third kappa shape index (κ3) is 4.29. The van der Waals surface area contributed by atoms with Crippen LogP contribution in [0, 0.1) is 0 Å². The lowest BCUT2D eigenvalue weighted by atomic mass is 10.3. The summed E-state index contributed by atoms with van der Waals surface area (Å²) in [6.45, 7) is 0.624. The molecule has 17 heavy (non-hydrogen) atoms. The number of benzene rings is 1. The molecule has 1 aromatic carbocycles. The number of anilines is 1. The lowest BCUT2D eigenvalue weighted by molar-refractivity contribution is 0.286. The Balaban J connectivity index is 2.86. The van der Waals surface area contributed by atoms with Gasteiger partial charge in [0.1, 0.15) is 0 Å². The molecule has 0 saturated heterocycles. The van der Waals surface area contributed by atoms with Crippen molar-refractivity contribution in [2.75, 3.05) is 18.2 Å². The first kappa shape index (κ1) is 14.5. The third-order valence-corrected chi connectivity index (χ3v) is 2.70. The smallest absolute Gasteiger partial charge is 0.185 e. The molecule has 0 aliphatic rings. The predicted molar refractivity (Wildman–Crippen MR) is 75.4 cm³/mol. The highest BCUT2D eigenvalue weighted by Crippen LogP contribution is 2.27. The topological polar surface area (TPSA) is 61.5 Å². The van der Waals surface area contributed by atoms with Gasteiger partial charge in [0.15, 0.2) is 5.11 Å². The zero-order valence-corrected chi connectivity index (χ0v) is 11.3. The first-order valence-electron chi connectivity index (χ1n) is 4.95. The number of hydrogen-bond acceptors (Lipinski definition) is 3. The number of rotatable bonds is 5. The fraction of sp³-hybridized carbons (Fsp3) is 0.300. The van der Waals surface area contributed by atoms with Gasteiger partial charge in [-0.05, 0) is 36.8 Å². The van der Waals surface area contributed by atoms with Gasteiger partial charge in [0.2, 0.25) is 0 Å². The summed E-state index contributed by atoms with van der Waals surface area (Å²) in [5, 5.41) is 11.3. The summed E-state index contributed by atoms with van der Waals surface area (Å²) < 4.78 is 0. The molecule has 0 amide bonds. The third-order valence-electron chi connectivity index (χ3n) is 1.98. The highest BCUT2D eigenvalue weighted by molar-refractivity contribution is 7.80. The number of halogens is 2. The van der Waals surface area contributed by atoms with Crippen LogP contribution in [-0.4, -0.2) is 23.4 Å². The number of hydrogen-bond donors (Lipinski definition) is 3. The van der Waals surface area contributed by atoms with Crippen LogP contribution in [0.1, 0.15) is 6.42 Å². The summed E-state index contributed by atoms with van der Waals surface area (Å²) in [5.74, 6) is 0. The Morgan fingerprint density at radius 2 is 2.18 bits per heavy atom. The number of aliphatic hydroxyl groups excluding tert-OH is 1. The van der Waals surface area contributed by atoms with E-state index >= 15 is 0 Å². The Bertz CT molecular complexity index is 403. The molecule has 0 radical (unpaired) electrons. The SMILES string of the molecule is NC(=S)N(NCCCO)c1ccc(Cl)cc1Cl. The van der Waals surface area contributed by atoms with Gasteiger partial charge in [-0.3, -0.25) is 5.01 Å². The van der Waals surface area contributed by atoms with Gasteiger partial charge in [-0.25, -0.2) is 5.43 Å². The van der Waals surface area contributed by atoms with Gasteiger partial charge in [-0.1, -0.05) is 23.2 Å². The lowest BCUT2D eigenvalue weighted by Gasteiger charge is -2.24. The molecule has 0 unspecified atom stereocenters. The second-order valence-corrected chi connectivity index (χ2v) is 4.52. The Kier molecular flexibility index (Phi) is 5.94. The number of aliphatic hydroxyl groups is 1. The zero-order valence-electron chi connectivity index (χ0n) is 8.99. The molecule has 0 heterocycles. The predicted octanol–water partition coefficient (Wildman–Crippen LogP) is 1.93. The molecule has 0 aliphatic carbocycles. The summed E-state index contributed by atoms with van der Waals surface area (Å²) in [6, 6.07) is 5.02. The maximum Gasteiger partial charge on any atom is 0.185 e. The van der Waals surface area contributed by atoms with Crippen molar-refractivity contribution >= 4 is 46.2 Å². The van der Waals surface area contributed by atoms with Crippen LogP contribution in [0.15, 0.2) is 18.2 Å². The minimum absolute atomic E-state index is 0.0898. The minimum atomic E-state index is 0.0898. The van der Waals surface area contributed by atoms with E-state index in [-0.39, 0.29) is 11.7 Å². The molecule has 4 N–H and O–H groups in total. The van der Waals surface area contributed by atoms with Crippen LogP contribution < -0.4 is 16.2 Å². The van der Waals surface area contributed by atoms with Gasteiger partial charge in [0.25, 0.3) is 0 Å². The van der Waals surface area contributed by atoms with Gasteiger partial charge in [0, 0.05) is 18.2 Å². The van der Waals surface area contributed by atoms with E-state index in [1.165, 1.54) is 5.01 Å². The molecule has 4 nitrogen and oxygen atoms in total. The molecular formula is C10H13Cl2N3OS. The summed E-state index contributed by atoms with van der Waals surface area (Å²) in [5.41, 5.74) is 9.20. The van der Waals surface area contributed by atoms with Gasteiger partial charge in [0.05, 0.1) is 10.7 Å². The fourth-order valence-electron chi connectivity index (χ4n) is 1.21. The van der Waals surface area contributed by atoms with Crippen molar-refractivity contribution in [2.24, 2.45) is 5.73 Å². The van der Waals surface area contributed by atoms with E-state index < -0.39 is 0 Å². The molecule has 0 atom stereocenters. The van der Waals surface area contributed by atoms with Crippen molar-refractivity contribution in [1.82, 2.24) is 5.43 Å². The van der Waals surface area contributed by atoms with E-state index in [1.807, 2.05) is 0 Å². The van der Waals surface area contributed by atoms with Crippen molar-refractivity contribution in [1.29, 1.82) is 0 Å². The Morgan fingerprint density at radius 1 is 1.47 bits per heavy atom. The quantitative estimate of drug-likeness (QED) is 0.440. The molecule has 7 heteroatoms. The van der Waals surface area contributed by atoms with Crippen LogP contribution in [0.25, 0.3) is 0 Å². The van der Waals surface area contributed by atoms with Crippen molar-refractivity contribution in [3.8, 4) is 0 Å². The molecule has 94 valence electrons. The number of hydrazine groups is 1. The maximum absolute atomic E-state index is 8.71. The second kappa shape index (κ2) is 6.98. The molecule has 1 aromatic rings. The molecule has 0 spiro atoms. The number of nitrogens with one attached hydrogen (secondary N) is 1. The van der Waals surface area contributed by atoms with Crippen molar-refractivity contribution in [3.05, 3.63) is 28.2 Å². The molecule has 0 aliphatic heterocycles. The van der Waals surface area contributed by atoms with Crippen molar-refractivity contribution < 1.29 is 5.11 Å². The van der Waals surface area contributed by atoms with Gasteiger partial charge in [-0.2, -0.15) is 0 Å². The molecule has 0 saturated carbocycles. The lowest BCUT2D eigenvalue weighted by Crippen LogP contribution is -2.46. The monoisotopic (exact) mass is 293 g/mol. The van der Waals surface area contributed by atoms with Crippen LogP contribution in [0.4, 0.5) is 5.69 Å². The van der Waals surface area contributed by atoms with Crippen molar-refractivity contribution in [2.45, 2.75) is 6.42 Å². The van der Waals surface area contributed by atoms with E-state index in [1.54, 1.807) is 18.2 Å². The van der Waals surface area contributed by atoms with Gasteiger partial charge < -0.3 is 10.8 Å². The van der Waals surface area contributed by atoms with Crippen LogP contribution >= 0.6 is 35.4 Å². The van der Waals surface area contributed by atoms with E-state index in [4.69, 9.17) is 46.3 Å². The maximum atomic E-state index is 8.71. The Morgan fingerprint density at radius 3 is 2.71 bits per heavy atom. The molecule has 0 fully saturated rings. The summed E-state index contributed by atoms with van der Waals surface area (Å²) in [4.78, 5) is 0. The second-order valence-electron chi connectivity index (χ2n) is 3.25. The number of nitrogens with two attached hydrogens (primary N) is 1. The fourth-order valence-corrected chi connectivity index (χ4v) is 1.87. The number of thiocarbonyl (C=S) groups is 1. The summed E-state index contributed by atoms with van der Waals surface area (Å²) in [7, 11) is 0. The molecular weight excluding hydrogens is 281 g/mol. The standard InChI is InChI=1S/C10H13Cl2N3OS/c11-7-2-3-9(8(12)6-7)15(10(13)17)14-4-1-5-16/h2-3,6,14,16H,1,4-5H2,(H2,13,17). The van der Waals surface area contributed by atoms with Gasteiger partial charge >= 0.3 is 0 Å². The van der Waals surface area contributed by atoms with Gasteiger partial charge in [-0.15, -0.1) is 0 Å². The van der Waals surface area contributed by atoms with Crippen LogP contribution in [0.2, 0.25) is 10.0 Å². The minimum Gasteiger partial charge on any atom is -0.396 e. The van der Waals surface area contributed by atoms with E-state index in [9.17, 15) is 0 Å². The average molecular weight is 294 g/mol. The Hall–Kier alpha value is -0.590. The summed E-state index contributed by atoms with van der Waals surface area (Å²) in [6.07, 6.45) is 0.588. The van der Waals surface area contributed by atoms with E-state index in [0.29, 0.717) is 28.7 Å². The normalized spacial score (nSPS) is 10.3. The first-order chi connectivity index (χ1) is 8.06. The van der Waals surface area contributed by atoms with E-state index in [0.717, 1.165) is 0 Å². The van der Waals surface area contributed by atoms with Crippen LogP contribution in [0.3, 0.4) is 0 Å². The molecule has 1 rings (SSSR count). The number of nitrogens with zero attached hydrogens (tertiary/aromatic N) is 1. The molecule has 0 bridgehead atoms. The molecule has 0 aromatic heterocycles. The average Bonchev–Trinajstić information content (AvgIpc) is 2.25. The van der Waals surface area contributed by atoms with Crippen molar-refractivity contribution in [3.63, 3.8) is 0 Å². The van der Waals surface area contributed by atoms with E-state index in [2.05, 4.69) is 5.43 Å². The summed E-state index contributed by atoms with van der Waals surface area (Å²) >= 11 is 16.8.